The van der Waals surface area contributed by atoms with Crippen LogP contribution in [-0.4, -0.2) is 89.0 Å². The largest absolute Gasteiger partial charge is 0.462 e. The number of carbonyl (C=O) groups is 2. The molecule has 0 aromatic rings. The minimum Gasteiger partial charge on any atom is -0.462 e. The number of aliphatic hydroxyl groups excluding tert-OH is 4. The van der Waals surface area contributed by atoms with E-state index in [1.165, 1.54) is 135 Å². The average molecular weight is 799 g/mol. The molecule has 0 spiro atoms. The van der Waals surface area contributed by atoms with E-state index in [2.05, 4.69) is 26.0 Å². The summed E-state index contributed by atoms with van der Waals surface area (Å²) in [7, 11) is 0. The Balaban J connectivity index is 2.31. The lowest BCUT2D eigenvalue weighted by molar-refractivity contribution is -0.305. The highest BCUT2D eigenvalue weighted by Crippen LogP contribution is 2.23. The van der Waals surface area contributed by atoms with Gasteiger partial charge in [0.25, 0.3) is 0 Å². The molecule has 0 aromatic heterocycles. The molecule has 1 aliphatic heterocycles. The third kappa shape index (κ3) is 28.8. The minimum atomic E-state index is -1.59. The van der Waals surface area contributed by atoms with E-state index in [1.54, 1.807) is 0 Å². The summed E-state index contributed by atoms with van der Waals surface area (Å²) in [6, 6.07) is 0. The zero-order valence-corrected chi connectivity index (χ0v) is 35.9. The van der Waals surface area contributed by atoms with E-state index >= 15 is 0 Å². The van der Waals surface area contributed by atoms with Crippen molar-refractivity contribution in [3.05, 3.63) is 12.2 Å². The molecule has 0 aliphatic carbocycles. The summed E-state index contributed by atoms with van der Waals surface area (Å²) in [5, 5.41) is 40.1. The predicted molar refractivity (Wildman–Crippen MR) is 224 cm³/mol. The number of hydrogen-bond acceptors (Lipinski definition) is 10. The second-order valence-corrected chi connectivity index (χ2v) is 16.2. The van der Waals surface area contributed by atoms with Gasteiger partial charge in [-0.2, -0.15) is 0 Å². The van der Waals surface area contributed by atoms with Crippen molar-refractivity contribution in [2.24, 2.45) is 0 Å². The SMILES string of the molecule is CCCCCCCCCC/C=C/CCCCCC(=O)O[C@@H](COC(=O)CCCCCCCCCCCCCCCCCC)CO[C@H]1O[C@@H](CO)[C@@H](O)C(O)C1O. The van der Waals surface area contributed by atoms with Gasteiger partial charge in [0, 0.05) is 12.8 Å². The van der Waals surface area contributed by atoms with E-state index in [4.69, 9.17) is 18.9 Å². The van der Waals surface area contributed by atoms with Crippen LogP contribution in [0.4, 0.5) is 0 Å². The van der Waals surface area contributed by atoms with Gasteiger partial charge in [-0.25, -0.2) is 0 Å². The van der Waals surface area contributed by atoms with Crippen molar-refractivity contribution >= 4 is 11.9 Å². The second-order valence-electron chi connectivity index (χ2n) is 16.2. The molecule has 1 rings (SSSR count). The summed E-state index contributed by atoms with van der Waals surface area (Å²) >= 11 is 0. The maximum atomic E-state index is 12.8. The molecular weight excluding hydrogens is 712 g/mol. The van der Waals surface area contributed by atoms with Crippen LogP contribution in [0.25, 0.3) is 0 Å². The van der Waals surface area contributed by atoms with Crippen molar-refractivity contribution in [3.8, 4) is 0 Å². The van der Waals surface area contributed by atoms with Crippen LogP contribution in [0.3, 0.4) is 0 Å². The van der Waals surface area contributed by atoms with Crippen LogP contribution in [0.1, 0.15) is 213 Å². The predicted octanol–water partition coefficient (Wildman–Crippen LogP) is 9.95. The standard InChI is InChI=1S/C46H86O10/c1-3-5-7-9-11-13-15-17-19-21-22-24-26-28-30-32-34-41(48)53-37-39(38-54-46-45(52)44(51)43(50)40(36-47)56-46)55-42(49)35-33-31-29-27-25-23-20-18-16-14-12-10-8-6-4-2/h23,25,39-40,43-47,50-52H,3-22,24,26-38H2,1-2H3/b25-23+/t39-,40-,43+,44?,45?,46-/m0/s1. The molecule has 0 bridgehead atoms. The van der Waals surface area contributed by atoms with Crippen molar-refractivity contribution < 1.29 is 49.0 Å². The Morgan fingerprint density at radius 1 is 0.536 bits per heavy atom. The van der Waals surface area contributed by atoms with Crippen LogP contribution in [0.15, 0.2) is 12.2 Å². The number of esters is 2. The van der Waals surface area contributed by atoms with Crippen molar-refractivity contribution in [2.45, 2.75) is 250 Å². The summed E-state index contributed by atoms with van der Waals surface area (Å²) in [5.41, 5.74) is 0. The van der Waals surface area contributed by atoms with Crippen molar-refractivity contribution in [1.29, 1.82) is 0 Å². The van der Waals surface area contributed by atoms with E-state index in [1.807, 2.05) is 0 Å². The Labute approximate surface area is 341 Å². The summed E-state index contributed by atoms with van der Waals surface area (Å²) in [6.45, 7) is 3.43. The lowest BCUT2D eigenvalue weighted by atomic mass is 9.99. The highest BCUT2D eigenvalue weighted by molar-refractivity contribution is 5.70. The third-order valence-electron chi connectivity index (χ3n) is 10.9. The summed E-state index contributed by atoms with van der Waals surface area (Å²) < 4.78 is 22.2. The summed E-state index contributed by atoms with van der Waals surface area (Å²) in [4.78, 5) is 25.3. The lowest BCUT2D eigenvalue weighted by Gasteiger charge is -2.39. The number of hydrogen-bond donors (Lipinski definition) is 4. The Kier molecular flexibility index (Phi) is 35.3. The van der Waals surface area contributed by atoms with E-state index in [9.17, 15) is 30.0 Å². The van der Waals surface area contributed by atoms with Gasteiger partial charge in [-0.05, 0) is 38.5 Å². The first kappa shape index (κ1) is 52.5. The molecule has 0 amide bonds. The maximum absolute atomic E-state index is 12.8. The highest BCUT2D eigenvalue weighted by Gasteiger charge is 2.44. The van der Waals surface area contributed by atoms with Gasteiger partial charge in [0.15, 0.2) is 12.4 Å². The number of unbranched alkanes of at least 4 members (excludes halogenated alkanes) is 26. The molecule has 0 radical (unpaired) electrons. The van der Waals surface area contributed by atoms with Gasteiger partial charge in [0.05, 0.1) is 13.2 Å². The second kappa shape index (κ2) is 37.7. The summed E-state index contributed by atoms with van der Waals surface area (Å²) in [5.74, 6) is -0.814. The molecule has 4 N–H and O–H groups in total. The third-order valence-corrected chi connectivity index (χ3v) is 10.9. The van der Waals surface area contributed by atoms with Gasteiger partial charge in [0.1, 0.15) is 31.0 Å². The van der Waals surface area contributed by atoms with Crippen molar-refractivity contribution in [2.75, 3.05) is 19.8 Å². The lowest BCUT2D eigenvalue weighted by Crippen LogP contribution is -2.59. The molecule has 330 valence electrons. The molecule has 1 saturated heterocycles. The molecule has 56 heavy (non-hydrogen) atoms. The Morgan fingerprint density at radius 3 is 1.41 bits per heavy atom. The van der Waals surface area contributed by atoms with Gasteiger partial charge < -0.3 is 39.4 Å². The van der Waals surface area contributed by atoms with E-state index in [-0.39, 0.29) is 32.0 Å². The van der Waals surface area contributed by atoms with Gasteiger partial charge in [-0.1, -0.05) is 174 Å². The van der Waals surface area contributed by atoms with Crippen LogP contribution in [0.5, 0.6) is 0 Å². The quantitative estimate of drug-likeness (QED) is 0.0269. The highest BCUT2D eigenvalue weighted by atomic mass is 16.7. The van der Waals surface area contributed by atoms with E-state index in [0.717, 1.165) is 44.9 Å². The Bertz CT molecular complexity index is 928. The number of rotatable bonds is 39. The first-order valence-electron chi connectivity index (χ1n) is 23.3. The normalized spacial score (nSPS) is 20.4. The first-order chi connectivity index (χ1) is 27.3. The Hall–Kier alpha value is -1.56. The zero-order chi connectivity index (χ0) is 40.9. The fraction of sp³-hybridized carbons (Fsp3) is 0.913. The molecule has 0 aromatic carbocycles. The van der Waals surface area contributed by atoms with Gasteiger partial charge in [-0.3, -0.25) is 9.59 Å². The van der Waals surface area contributed by atoms with Crippen LogP contribution in [-0.2, 0) is 28.5 Å². The molecule has 1 heterocycles. The zero-order valence-electron chi connectivity index (χ0n) is 35.9. The molecule has 1 fully saturated rings. The van der Waals surface area contributed by atoms with Crippen LogP contribution >= 0.6 is 0 Å². The number of carbonyl (C=O) groups excluding carboxylic acids is 2. The number of aliphatic hydroxyl groups is 4. The molecule has 0 saturated carbocycles. The molecule has 1 aliphatic rings. The van der Waals surface area contributed by atoms with Gasteiger partial charge in [0.2, 0.25) is 0 Å². The topological polar surface area (TPSA) is 152 Å². The smallest absolute Gasteiger partial charge is 0.306 e. The van der Waals surface area contributed by atoms with Gasteiger partial charge in [-0.15, -0.1) is 0 Å². The monoisotopic (exact) mass is 799 g/mol. The fourth-order valence-corrected chi connectivity index (χ4v) is 7.18. The molecule has 6 atom stereocenters. The fourth-order valence-electron chi connectivity index (χ4n) is 7.18. The number of allylic oxidation sites excluding steroid dienone is 2. The van der Waals surface area contributed by atoms with E-state index in [0.29, 0.717) is 6.42 Å². The van der Waals surface area contributed by atoms with Crippen LogP contribution in [0, 0.1) is 0 Å². The first-order valence-corrected chi connectivity index (χ1v) is 23.3. The van der Waals surface area contributed by atoms with Crippen LogP contribution < -0.4 is 0 Å². The Morgan fingerprint density at radius 2 is 0.946 bits per heavy atom. The average Bonchev–Trinajstić information content (AvgIpc) is 3.19. The summed E-state index contributed by atoms with van der Waals surface area (Å²) in [6.07, 6.45) is 32.2. The molecule has 10 nitrogen and oxygen atoms in total. The molecule has 10 heteroatoms. The van der Waals surface area contributed by atoms with Crippen LogP contribution in [0.2, 0.25) is 0 Å². The van der Waals surface area contributed by atoms with Crippen molar-refractivity contribution in [1.82, 2.24) is 0 Å². The minimum absolute atomic E-state index is 0.214. The van der Waals surface area contributed by atoms with Crippen molar-refractivity contribution in [3.63, 3.8) is 0 Å². The maximum Gasteiger partial charge on any atom is 0.306 e. The van der Waals surface area contributed by atoms with E-state index < -0.39 is 49.4 Å². The number of ether oxygens (including phenoxy) is 4. The molecular formula is C46H86O10. The molecule has 2 unspecified atom stereocenters. The van der Waals surface area contributed by atoms with Gasteiger partial charge >= 0.3 is 11.9 Å².